The average Bonchev–Trinajstić information content (AvgIpc) is 2.79. The van der Waals surface area contributed by atoms with Crippen LogP contribution in [-0.4, -0.2) is 39.6 Å². The van der Waals surface area contributed by atoms with E-state index < -0.39 is 0 Å². The second-order valence-electron chi connectivity index (χ2n) is 6.82. The number of morpholine rings is 1. The highest BCUT2D eigenvalue weighted by atomic mass is 19.1. The van der Waals surface area contributed by atoms with Crippen LogP contribution >= 0.6 is 0 Å². The molecule has 3 aromatic rings. The molecule has 0 radical (unpaired) electrons. The van der Waals surface area contributed by atoms with E-state index in [0.717, 1.165) is 5.69 Å². The molecule has 1 heterocycles. The Morgan fingerprint density at radius 2 is 1.70 bits per heavy atom. The first-order valence-electron chi connectivity index (χ1n) is 9.80. The van der Waals surface area contributed by atoms with Crippen LogP contribution in [0.5, 0.6) is 17.2 Å². The van der Waals surface area contributed by atoms with Crippen molar-refractivity contribution < 1.29 is 18.6 Å². The lowest BCUT2D eigenvalue weighted by Gasteiger charge is -2.29. The third kappa shape index (κ3) is 4.78. The van der Waals surface area contributed by atoms with Crippen LogP contribution in [0, 0.1) is 5.82 Å². The minimum Gasteiger partial charge on any atom is -0.493 e. The molecule has 0 saturated carbocycles. The Balaban J connectivity index is 1.42. The molecule has 1 saturated heterocycles. The van der Waals surface area contributed by atoms with Gasteiger partial charge in [-0.15, -0.1) is 0 Å². The zero-order valence-electron chi connectivity index (χ0n) is 16.8. The molecule has 1 fully saturated rings. The Bertz CT molecular complexity index is 1020. The maximum absolute atomic E-state index is 14.5. The summed E-state index contributed by atoms with van der Waals surface area (Å²) in [6.45, 7) is 2.65. The van der Waals surface area contributed by atoms with Gasteiger partial charge in [0.2, 0.25) is 0 Å². The van der Waals surface area contributed by atoms with E-state index in [1.807, 2.05) is 59.5 Å². The number of nitrogens with zero attached hydrogens (tertiary/aromatic N) is 2. The lowest BCUT2D eigenvalue weighted by atomic mass is 10.2. The van der Waals surface area contributed by atoms with E-state index in [9.17, 15) is 4.39 Å². The second kappa shape index (κ2) is 9.41. The molecule has 1 aliphatic rings. The highest BCUT2D eigenvalue weighted by molar-refractivity contribution is 5.82. The van der Waals surface area contributed by atoms with Crippen LogP contribution in [0.1, 0.15) is 5.56 Å². The SMILES string of the molecule is COc1ccccc1Oc1ccc(N=Cc2ccc(N3CCOCC3)c(F)c2)cc1. The van der Waals surface area contributed by atoms with Crippen LogP contribution < -0.4 is 14.4 Å². The molecule has 5 nitrogen and oxygen atoms in total. The van der Waals surface area contributed by atoms with Crippen molar-refractivity contribution in [3.63, 3.8) is 0 Å². The van der Waals surface area contributed by atoms with Gasteiger partial charge in [0, 0.05) is 19.3 Å². The van der Waals surface area contributed by atoms with Crippen molar-refractivity contribution in [2.24, 2.45) is 4.99 Å². The van der Waals surface area contributed by atoms with Crippen molar-refractivity contribution in [1.82, 2.24) is 0 Å². The third-order valence-corrected chi connectivity index (χ3v) is 4.82. The standard InChI is InChI=1S/C24H23FN2O3/c1-28-23-4-2-3-5-24(23)30-20-9-7-19(8-10-20)26-17-18-6-11-22(21(25)16-18)27-12-14-29-15-13-27/h2-11,16-17H,12-15H2,1H3. The fraction of sp³-hybridized carbons (Fsp3) is 0.208. The van der Waals surface area contributed by atoms with Gasteiger partial charge in [-0.25, -0.2) is 4.39 Å². The van der Waals surface area contributed by atoms with E-state index in [1.54, 1.807) is 19.4 Å². The Hall–Kier alpha value is -3.38. The molecule has 0 bridgehead atoms. The fourth-order valence-corrected chi connectivity index (χ4v) is 3.24. The summed E-state index contributed by atoms with van der Waals surface area (Å²) in [6.07, 6.45) is 1.66. The molecule has 6 heteroatoms. The van der Waals surface area contributed by atoms with Crippen molar-refractivity contribution >= 4 is 17.6 Å². The molecule has 0 N–H and O–H groups in total. The molecule has 154 valence electrons. The molecule has 30 heavy (non-hydrogen) atoms. The summed E-state index contributed by atoms with van der Waals surface area (Å²) in [5, 5.41) is 0. The van der Waals surface area contributed by atoms with E-state index in [2.05, 4.69) is 4.99 Å². The predicted octanol–water partition coefficient (Wildman–Crippen LogP) is 5.21. The first kappa shape index (κ1) is 19.9. The minimum atomic E-state index is -0.249. The fourth-order valence-electron chi connectivity index (χ4n) is 3.24. The minimum absolute atomic E-state index is 0.249. The topological polar surface area (TPSA) is 43.3 Å². The van der Waals surface area contributed by atoms with Gasteiger partial charge in [0.1, 0.15) is 11.6 Å². The second-order valence-corrected chi connectivity index (χ2v) is 6.82. The summed E-state index contributed by atoms with van der Waals surface area (Å²) >= 11 is 0. The number of benzene rings is 3. The Morgan fingerprint density at radius 3 is 2.40 bits per heavy atom. The van der Waals surface area contributed by atoms with E-state index in [1.165, 1.54) is 6.07 Å². The quantitative estimate of drug-likeness (QED) is 0.527. The first-order valence-corrected chi connectivity index (χ1v) is 9.80. The van der Waals surface area contributed by atoms with E-state index in [0.29, 0.717) is 54.8 Å². The molecule has 3 aromatic carbocycles. The number of aliphatic imine (C=N–C) groups is 1. The Labute approximate surface area is 175 Å². The molecule has 0 aromatic heterocycles. The highest BCUT2D eigenvalue weighted by Crippen LogP contribution is 2.31. The first-order chi connectivity index (χ1) is 14.7. The number of anilines is 1. The molecule has 0 aliphatic carbocycles. The van der Waals surface area contributed by atoms with Gasteiger partial charge in [0.25, 0.3) is 0 Å². The molecule has 0 atom stereocenters. The predicted molar refractivity (Wildman–Crippen MR) is 116 cm³/mol. The van der Waals surface area contributed by atoms with Crippen LogP contribution in [0.25, 0.3) is 0 Å². The lowest BCUT2D eigenvalue weighted by Crippen LogP contribution is -2.36. The van der Waals surface area contributed by atoms with Crippen molar-refractivity contribution in [1.29, 1.82) is 0 Å². The summed E-state index contributed by atoms with van der Waals surface area (Å²) in [5.74, 6) is 1.75. The van der Waals surface area contributed by atoms with Crippen molar-refractivity contribution in [2.75, 3.05) is 38.3 Å². The molecule has 0 unspecified atom stereocenters. The third-order valence-electron chi connectivity index (χ3n) is 4.82. The van der Waals surface area contributed by atoms with Gasteiger partial charge in [-0.2, -0.15) is 0 Å². The normalized spacial score (nSPS) is 14.1. The number of hydrogen-bond acceptors (Lipinski definition) is 5. The van der Waals surface area contributed by atoms with Gasteiger partial charge in [0.15, 0.2) is 11.5 Å². The highest BCUT2D eigenvalue weighted by Gasteiger charge is 2.15. The van der Waals surface area contributed by atoms with Crippen LogP contribution in [0.3, 0.4) is 0 Å². The number of halogens is 1. The lowest BCUT2D eigenvalue weighted by molar-refractivity contribution is 0.122. The smallest absolute Gasteiger partial charge is 0.169 e. The summed E-state index contributed by atoms with van der Waals surface area (Å²) < 4.78 is 31.0. The zero-order valence-corrected chi connectivity index (χ0v) is 16.8. The summed E-state index contributed by atoms with van der Waals surface area (Å²) in [5.41, 5.74) is 2.06. The molecular formula is C24H23FN2O3. The number of ether oxygens (including phenoxy) is 3. The van der Waals surface area contributed by atoms with Gasteiger partial charge in [-0.1, -0.05) is 18.2 Å². The van der Waals surface area contributed by atoms with Crippen molar-refractivity contribution in [3.05, 3.63) is 78.1 Å². The monoisotopic (exact) mass is 406 g/mol. The van der Waals surface area contributed by atoms with Crippen LogP contribution in [0.4, 0.5) is 15.8 Å². The number of hydrogen-bond donors (Lipinski definition) is 0. The van der Waals surface area contributed by atoms with Crippen LogP contribution in [-0.2, 0) is 4.74 Å². The van der Waals surface area contributed by atoms with Crippen LogP contribution in [0.15, 0.2) is 71.7 Å². The number of rotatable bonds is 6. The summed E-state index contributed by atoms with van der Waals surface area (Å²) in [6, 6.07) is 20.0. The van der Waals surface area contributed by atoms with E-state index in [-0.39, 0.29) is 5.82 Å². The number of para-hydroxylation sites is 2. The van der Waals surface area contributed by atoms with Gasteiger partial charge >= 0.3 is 0 Å². The van der Waals surface area contributed by atoms with Gasteiger partial charge in [0.05, 0.1) is 31.7 Å². The maximum Gasteiger partial charge on any atom is 0.169 e. The molecule has 1 aliphatic heterocycles. The molecule has 4 rings (SSSR count). The number of methoxy groups -OCH3 is 1. The van der Waals surface area contributed by atoms with Crippen LogP contribution in [0.2, 0.25) is 0 Å². The Kier molecular flexibility index (Phi) is 6.25. The van der Waals surface area contributed by atoms with Gasteiger partial charge in [-0.3, -0.25) is 4.99 Å². The van der Waals surface area contributed by atoms with Crippen molar-refractivity contribution in [3.8, 4) is 17.2 Å². The van der Waals surface area contributed by atoms with Crippen molar-refractivity contribution in [2.45, 2.75) is 0 Å². The van der Waals surface area contributed by atoms with Gasteiger partial charge < -0.3 is 19.1 Å². The average molecular weight is 406 g/mol. The molecular weight excluding hydrogens is 383 g/mol. The molecule has 0 spiro atoms. The maximum atomic E-state index is 14.5. The molecule has 0 amide bonds. The summed E-state index contributed by atoms with van der Waals surface area (Å²) in [4.78, 5) is 6.44. The zero-order chi connectivity index (χ0) is 20.8. The summed E-state index contributed by atoms with van der Waals surface area (Å²) in [7, 11) is 1.61. The van der Waals surface area contributed by atoms with E-state index in [4.69, 9.17) is 14.2 Å². The Morgan fingerprint density at radius 1 is 0.967 bits per heavy atom. The van der Waals surface area contributed by atoms with E-state index >= 15 is 0 Å². The largest absolute Gasteiger partial charge is 0.493 e. The van der Waals surface area contributed by atoms with Gasteiger partial charge in [-0.05, 0) is 54.1 Å².